The highest BCUT2D eigenvalue weighted by Gasteiger charge is 2.15. The summed E-state index contributed by atoms with van der Waals surface area (Å²) in [5.41, 5.74) is 0.635. The van der Waals surface area contributed by atoms with Crippen LogP contribution in [-0.2, 0) is 0 Å². The van der Waals surface area contributed by atoms with Crippen molar-refractivity contribution in [1.29, 1.82) is 0 Å². The second-order valence-electron chi connectivity index (χ2n) is 3.47. The lowest BCUT2D eigenvalue weighted by Crippen LogP contribution is -1.99. The third kappa shape index (κ3) is 1.58. The van der Waals surface area contributed by atoms with Crippen molar-refractivity contribution in [1.82, 2.24) is 19.9 Å². The highest BCUT2D eigenvalue weighted by molar-refractivity contribution is 9.10. The summed E-state index contributed by atoms with van der Waals surface area (Å²) in [5, 5.41) is 17.3. The molecular formula is C10H5BrN4O3. The summed E-state index contributed by atoms with van der Waals surface area (Å²) in [5.74, 6) is -0.674. The molecule has 0 aromatic carbocycles. The Labute approximate surface area is 108 Å². The SMILES string of the molecule is O=C(O)c1cncc2c1cnn2-c1cc(Br)no1. The second-order valence-corrected chi connectivity index (χ2v) is 4.28. The Kier molecular flexibility index (Phi) is 2.37. The minimum atomic E-state index is -1.05. The van der Waals surface area contributed by atoms with E-state index in [1.807, 2.05) is 0 Å². The van der Waals surface area contributed by atoms with E-state index in [0.717, 1.165) is 0 Å². The van der Waals surface area contributed by atoms with Crippen molar-refractivity contribution < 1.29 is 14.4 Å². The van der Waals surface area contributed by atoms with Gasteiger partial charge in [-0.15, -0.1) is 0 Å². The van der Waals surface area contributed by atoms with Crippen molar-refractivity contribution in [3.8, 4) is 5.88 Å². The van der Waals surface area contributed by atoms with E-state index >= 15 is 0 Å². The fourth-order valence-corrected chi connectivity index (χ4v) is 1.90. The maximum atomic E-state index is 11.0. The number of rotatable bonds is 2. The largest absolute Gasteiger partial charge is 0.478 e. The smallest absolute Gasteiger partial charge is 0.338 e. The Morgan fingerprint density at radius 1 is 1.39 bits per heavy atom. The van der Waals surface area contributed by atoms with Crippen molar-refractivity contribution >= 4 is 32.8 Å². The molecule has 0 aliphatic heterocycles. The van der Waals surface area contributed by atoms with E-state index in [-0.39, 0.29) is 5.56 Å². The van der Waals surface area contributed by atoms with Crippen LogP contribution in [0.3, 0.4) is 0 Å². The van der Waals surface area contributed by atoms with E-state index in [4.69, 9.17) is 9.63 Å². The number of aromatic carboxylic acids is 1. The minimum absolute atomic E-state index is 0.0948. The van der Waals surface area contributed by atoms with Gasteiger partial charge < -0.3 is 9.63 Å². The average Bonchev–Trinajstić information content (AvgIpc) is 2.93. The van der Waals surface area contributed by atoms with Crippen molar-refractivity contribution in [2.45, 2.75) is 0 Å². The molecule has 0 radical (unpaired) electrons. The van der Waals surface area contributed by atoms with Gasteiger partial charge in [-0.1, -0.05) is 5.16 Å². The number of nitrogens with zero attached hydrogens (tertiary/aromatic N) is 4. The number of carboxylic acid groups (broad SMARTS) is 1. The summed E-state index contributed by atoms with van der Waals surface area (Å²) in [4.78, 5) is 14.9. The zero-order valence-electron chi connectivity index (χ0n) is 8.74. The molecule has 0 atom stereocenters. The molecule has 18 heavy (non-hydrogen) atoms. The Morgan fingerprint density at radius 3 is 2.89 bits per heavy atom. The lowest BCUT2D eigenvalue weighted by atomic mass is 10.2. The van der Waals surface area contributed by atoms with Crippen LogP contribution in [0, 0.1) is 0 Å². The molecule has 0 spiro atoms. The predicted molar refractivity (Wildman–Crippen MR) is 63.6 cm³/mol. The van der Waals surface area contributed by atoms with E-state index in [1.165, 1.54) is 23.3 Å². The molecule has 7 nitrogen and oxygen atoms in total. The fraction of sp³-hybridized carbons (Fsp3) is 0. The van der Waals surface area contributed by atoms with Crippen LogP contribution < -0.4 is 0 Å². The van der Waals surface area contributed by atoms with Crippen LogP contribution in [0.1, 0.15) is 10.4 Å². The minimum Gasteiger partial charge on any atom is -0.478 e. The van der Waals surface area contributed by atoms with E-state index in [9.17, 15) is 4.79 Å². The van der Waals surface area contributed by atoms with E-state index < -0.39 is 5.97 Å². The number of pyridine rings is 1. The van der Waals surface area contributed by atoms with Gasteiger partial charge in [0, 0.05) is 17.6 Å². The van der Waals surface area contributed by atoms with Gasteiger partial charge in [0.1, 0.15) is 0 Å². The molecule has 0 amide bonds. The molecular weight excluding hydrogens is 304 g/mol. The quantitative estimate of drug-likeness (QED) is 0.776. The molecule has 0 saturated heterocycles. The Bertz CT molecular complexity index is 749. The monoisotopic (exact) mass is 308 g/mol. The first-order valence-electron chi connectivity index (χ1n) is 4.84. The summed E-state index contributed by atoms with van der Waals surface area (Å²) in [6, 6.07) is 1.62. The second kappa shape index (κ2) is 3.91. The lowest BCUT2D eigenvalue weighted by Gasteiger charge is -1.98. The van der Waals surface area contributed by atoms with Crippen molar-refractivity contribution in [2.75, 3.05) is 0 Å². The van der Waals surface area contributed by atoms with Gasteiger partial charge in [-0.3, -0.25) is 4.98 Å². The molecule has 3 aromatic heterocycles. The Balaban J connectivity index is 2.27. The first-order valence-corrected chi connectivity index (χ1v) is 5.64. The average molecular weight is 309 g/mol. The number of carboxylic acids is 1. The number of aromatic nitrogens is 4. The standard InChI is InChI=1S/C10H5BrN4O3/c11-8-1-9(18-14-8)15-7-4-12-2-6(10(16)17)5(7)3-13-15/h1-4H,(H,16,17). The van der Waals surface area contributed by atoms with E-state index in [2.05, 4.69) is 31.2 Å². The Morgan fingerprint density at radius 2 is 2.22 bits per heavy atom. The van der Waals surface area contributed by atoms with Crippen molar-refractivity contribution in [3.05, 3.63) is 34.8 Å². The highest BCUT2D eigenvalue weighted by atomic mass is 79.9. The molecule has 0 aliphatic carbocycles. The van der Waals surface area contributed by atoms with Crippen LogP contribution >= 0.6 is 15.9 Å². The number of hydrogen-bond donors (Lipinski definition) is 1. The Hall–Kier alpha value is -2.22. The van der Waals surface area contributed by atoms with Gasteiger partial charge in [-0.05, 0) is 15.9 Å². The number of halogens is 1. The van der Waals surface area contributed by atoms with Gasteiger partial charge in [0.05, 0.1) is 23.5 Å². The first-order chi connectivity index (χ1) is 8.66. The first kappa shape index (κ1) is 10.9. The molecule has 3 heterocycles. The molecule has 0 aliphatic rings. The fourth-order valence-electron chi connectivity index (χ4n) is 1.63. The third-order valence-electron chi connectivity index (χ3n) is 2.41. The van der Waals surface area contributed by atoms with Crippen molar-refractivity contribution in [2.24, 2.45) is 0 Å². The highest BCUT2D eigenvalue weighted by Crippen LogP contribution is 2.22. The van der Waals surface area contributed by atoms with Gasteiger partial charge >= 0.3 is 5.97 Å². The molecule has 90 valence electrons. The molecule has 8 heteroatoms. The number of hydrogen-bond acceptors (Lipinski definition) is 5. The molecule has 0 unspecified atom stereocenters. The maximum absolute atomic E-state index is 11.0. The summed E-state index contributed by atoms with van der Waals surface area (Å²) in [7, 11) is 0. The van der Waals surface area contributed by atoms with Crippen LogP contribution in [0.2, 0.25) is 0 Å². The van der Waals surface area contributed by atoms with Crippen LogP contribution in [0.5, 0.6) is 0 Å². The topological polar surface area (TPSA) is 94.0 Å². The van der Waals surface area contributed by atoms with Crippen LogP contribution in [0.15, 0.2) is 33.8 Å². The van der Waals surface area contributed by atoms with Crippen LogP contribution in [0.4, 0.5) is 0 Å². The zero-order valence-corrected chi connectivity index (χ0v) is 10.3. The van der Waals surface area contributed by atoms with Crippen LogP contribution in [-0.4, -0.2) is 31.0 Å². The van der Waals surface area contributed by atoms with Gasteiger partial charge in [0.25, 0.3) is 5.88 Å². The van der Waals surface area contributed by atoms with Crippen molar-refractivity contribution in [3.63, 3.8) is 0 Å². The predicted octanol–water partition coefficient (Wildman–Crippen LogP) is 1.87. The molecule has 3 aromatic rings. The number of fused-ring (bicyclic) bond motifs is 1. The van der Waals surface area contributed by atoms with E-state index in [0.29, 0.717) is 21.4 Å². The molecule has 0 fully saturated rings. The summed E-state index contributed by atoms with van der Waals surface area (Å²) in [6.45, 7) is 0. The van der Waals surface area contributed by atoms with Crippen LogP contribution in [0.25, 0.3) is 16.8 Å². The number of carbonyl (C=O) groups is 1. The molecule has 1 N–H and O–H groups in total. The summed E-state index contributed by atoms with van der Waals surface area (Å²) < 4.78 is 7.01. The van der Waals surface area contributed by atoms with Gasteiger partial charge in [0.15, 0.2) is 4.60 Å². The normalized spacial score (nSPS) is 10.9. The lowest BCUT2D eigenvalue weighted by molar-refractivity contribution is 0.0698. The molecule has 0 saturated carbocycles. The molecule has 3 rings (SSSR count). The molecule has 0 bridgehead atoms. The summed E-state index contributed by atoms with van der Waals surface area (Å²) >= 11 is 3.16. The van der Waals surface area contributed by atoms with Gasteiger partial charge in [-0.25, -0.2) is 4.79 Å². The van der Waals surface area contributed by atoms with Gasteiger partial charge in [0.2, 0.25) is 0 Å². The third-order valence-corrected chi connectivity index (χ3v) is 2.78. The maximum Gasteiger partial charge on any atom is 0.338 e. The summed E-state index contributed by atoms with van der Waals surface area (Å²) in [6.07, 6.45) is 4.26. The van der Waals surface area contributed by atoms with E-state index in [1.54, 1.807) is 6.07 Å². The van der Waals surface area contributed by atoms with Gasteiger partial charge in [-0.2, -0.15) is 9.78 Å². The zero-order chi connectivity index (χ0) is 12.7.